The molecule has 3 rings (SSSR count). The first-order valence-corrected chi connectivity index (χ1v) is 12.9. The minimum Gasteiger partial charge on any atom is -0.493 e. The molecule has 0 radical (unpaired) electrons. The lowest BCUT2D eigenvalue weighted by Crippen LogP contribution is -2.49. The fraction of sp³-hybridized carbons (Fsp3) is 0.417. The number of piperidine rings is 1. The third kappa shape index (κ3) is 6.30. The number of carbonyl (C=O) groups excluding carboxylic acids is 1. The first-order chi connectivity index (χ1) is 17.0. The van der Waals surface area contributed by atoms with Gasteiger partial charge < -0.3 is 14.4 Å². The first kappa shape index (κ1) is 26.9. The minimum atomic E-state index is -4.12. The highest BCUT2D eigenvalue weighted by Crippen LogP contribution is 2.29. The van der Waals surface area contributed by atoms with Crippen LogP contribution in [0.1, 0.15) is 44.2 Å². The predicted molar refractivity (Wildman–Crippen MR) is 134 cm³/mol. The average Bonchev–Trinajstić information content (AvgIpc) is 2.82. The number of methoxy groups -OCH3 is 1. The number of hydrogen-bond acceptors (Lipinski definition) is 8. The Hall–Kier alpha value is -3.67. The number of likely N-dealkylation sites (tertiary alicyclic amines) is 1. The van der Waals surface area contributed by atoms with Gasteiger partial charge in [-0.05, 0) is 69.9 Å². The molecule has 1 aliphatic rings. The molecule has 2 aromatic carbocycles. The van der Waals surface area contributed by atoms with Gasteiger partial charge in [-0.1, -0.05) is 6.07 Å². The van der Waals surface area contributed by atoms with E-state index in [9.17, 15) is 23.3 Å². The Kier molecular flexibility index (Phi) is 8.51. The summed E-state index contributed by atoms with van der Waals surface area (Å²) in [6.07, 6.45) is 4.30. The van der Waals surface area contributed by atoms with Gasteiger partial charge >= 0.3 is 0 Å². The summed E-state index contributed by atoms with van der Waals surface area (Å²) >= 11 is 0. The Bertz CT molecular complexity index is 1250. The fourth-order valence-corrected chi connectivity index (χ4v) is 5.00. The van der Waals surface area contributed by atoms with E-state index in [4.69, 9.17) is 9.47 Å². The topological polar surface area (TPSA) is 140 Å². The maximum atomic E-state index is 12.7. The largest absolute Gasteiger partial charge is 0.493 e. The lowest BCUT2D eigenvalue weighted by molar-refractivity contribution is -0.385. The van der Waals surface area contributed by atoms with Crippen LogP contribution in [0.3, 0.4) is 0 Å². The molecular weight excluding hydrogens is 488 g/mol. The molecule has 36 heavy (non-hydrogen) atoms. The van der Waals surface area contributed by atoms with Crippen molar-refractivity contribution in [2.24, 2.45) is 5.10 Å². The van der Waals surface area contributed by atoms with Crippen LogP contribution < -0.4 is 14.3 Å². The third-order valence-electron chi connectivity index (χ3n) is 6.09. The lowest BCUT2D eigenvalue weighted by Gasteiger charge is -2.39. The molecule has 0 aromatic heterocycles. The van der Waals surface area contributed by atoms with Crippen molar-refractivity contribution in [2.75, 3.05) is 13.7 Å². The zero-order valence-corrected chi connectivity index (χ0v) is 21.4. The standard InChI is InChI=1S/C24H30N4O7S/c1-16-8-10-20(13-21(16)28(30)31)36(32,33)26-25-14-19-9-11-22(23(12-19)34-4)35-15-24(29)27-17(2)6-5-7-18(27)3/h8-14,17-18,26H,5-7,15H2,1-4H3/b25-14+. The first-order valence-electron chi connectivity index (χ1n) is 11.5. The van der Waals surface area contributed by atoms with Crippen LogP contribution >= 0.6 is 0 Å². The van der Waals surface area contributed by atoms with Crippen LogP contribution in [0.25, 0.3) is 0 Å². The van der Waals surface area contributed by atoms with Gasteiger partial charge in [-0.3, -0.25) is 14.9 Å². The van der Waals surface area contributed by atoms with Gasteiger partial charge in [0.2, 0.25) is 0 Å². The zero-order valence-electron chi connectivity index (χ0n) is 20.6. The van der Waals surface area contributed by atoms with E-state index in [2.05, 4.69) is 5.10 Å². The molecule has 1 N–H and O–H groups in total. The molecule has 1 heterocycles. The van der Waals surface area contributed by atoms with E-state index >= 15 is 0 Å². The van der Waals surface area contributed by atoms with E-state index in [1.165, 1.54) is 32.4 Å². The molecular formula is C24H30N4O7S. The number of ether oxygens (including phenoxy) is 2. The summed E-state index contributed by atoms with van der Waals surface area (Å²) in [5.41, 5.74) is 0.546. The van der Waals surface area contributed by atoms with Gasteiger partial charge in [0.15, 0.2) is 18.1 Å². The molecule has 1 aliphatic heterocycles. The minimum absolute atomic E-state index is 0.0897. The number of carbonyl (C=O) groups is 1. The summed E-state index contributed by atoms with van der Waals surface area (Å²) in [5.74, 6) is 0.629. The van der Waals surface area contributed by atoms with E-state index in [1.807, 2.05) is 23.6 Å². The summed E-state index contributed by atoms with van der Waals surface area (Å²) in [5, 5.41) is 14.9. The van der Waals surface area contributed by atoms with Crippen LogP contribution in [-0.4, -0.2) is 56.2 Å². The van der Waals surface area contributed by atoms with Gasteiger partial charge in [-0.15, -0.1) is 0 Å². The number of nitro groups is 1. The Labute approximate surface area is 210 Å². The van der Waals surface area contributed by atoms with Crippen molar-refractivity contribution in [3.8, 4) is 11.5 Å². The molecule has 194 valence electrons. The average molecular weight is 519 g/mol. The summed E-state index contributed by atoms with van der Waals surface area (Å²) in [6, 6.07) is 8.76. The Balaban J connectivity index is 1.66. The second-order valence-corrected chi connectivity index (χ2v) is 10.3. The summed E-state index contributed by atoms with van der Waals surface area (Å²) < 4.78 is 36.0. The number of rotatable bonds is 9. The molecule has 0 saturated carbocycles. The third-order valence-corrected chi connectivity index (χ3v) is 7.31. The normalized spacial score (nSPS) is 18.2. The highest BCUT2D eigenvalue weighted by molar-refractivity contribution is 7.89. The van der Waals surface area contributed by atoms with Gasteiger partial charge in [-0.2, -0.15) is 13.5 Å². The number of benzene rings is 2. The number of hydrogen-bond donors (Lipinski definition) is 1. The number of sulfonamides is 1. The predicted octanol–water partition coefficient (Wildman–Crippen LogP) is 3.39. The molecule has 2 atom stereocenters. The fourth-order valence-electron chi connectivity index (χ4n) is 4.19. The van der Waals surface area contributed by atoms with Crippen molar-refractivity contribution in [3.63, 3.8) is 0 Å². The SMILES string of the molecule is COc1cc(/C=N/NS(=O)(=O)c2ccc(C)c([N+](=O)[O-])c2)ccc1OCC(=O)N1C(C)CCCC1C. The molecule has 1 amide bonds. The highest BCUT2D eigenvalue weighted by Gasteiger charge is 2.29. The number of nitrogens with one attached hydrogen (secondary N) is 1. The monoisotopic (exact) mass is 518 g/mol. The number of nitrogens with zero attached hydrogens (tertiary/aromatic N) is 3. The van der Waals surface area contributed by atoms with Crippen molar-refractivity contribution in [2.45, 2.75) is 57.0 Å². The number of hydrazone groups is 1. The summed E-state index contributed by atoms with van der Waals surface area (Å²) in [7, 11) is -2.66. The van der Waals surface area contributed by atoms with E-state index < -0.39 is 14.9 Å². The van der Waals surface area contributed by atoms with E-state index in [-0.39, 0.29) is 35.2 Å². The Morgan fingerprint density at radius 2 is 1.89 bits per heavy atom. The van der Waals surface area contributed by atoms with E-state index in [1.54, 1.807) is 18.2 Å². The molecule has 0 bridgehead atoms. The number of amides is 1. The van der Waals surface area contributed by atoms with Crippen molar-refractivity contribution in [1.82, 2.24) is 9.73 Å². The van der Waals surface area contributed by atoms with Gasteiger partial charge in [0.25, 0.3) is 21.6 Å². The van der Waals surface area contributed by atoms with Gasteiger partial charge in [0.1, 0.15) is 0 Å². The van der Waals surface area contributed by atoms with E-state index in [0.29, 0.717) is 22.6 Å². The number of nitro benzene ring substituents is 1. The quantitative estimate of drug-likeness (QED) is 0.305. The van der Waals surface area contributed by atoms with Crippen molar-refractivity contribution in [3.05, 3.63) is 57.6 Å². The lowest BCUT2D eigenvalue weighted by atomic mass is 9.97. The molecule has 0 aliphatic carbocycles. The Morgan fingerprint density at radius 3 is 2.53 bits per heavy atom. The molecule has 12 heteroatoms. The van der Waals surface area contributed by atoms with Crippen LogP contribution in [0.5, 0.6) is 11.5 Å². The van der Waals surface area contributed by atoms with Crippen LogP contribution in [0.2, 0.25) is 0 Å². The van der Waals surface area contributed by atoms with Crippen molar-refractivity contribution >= 4 is 27.8 Å². The van der Waals surface area contributed by atoms with Gasteiger partial charge in [-0.25, -0.2) is 4.83 Å². The second-order valence-electron chi connectivity index (χ2n) is 8.69. The number of aryl methyl sites for hydroxylation is 1. The molecule has 1 saturated heterocycles. The van der Waals surface area contributed by atoms with Gasteiger partial charge in [0.05, 0.1) is 23.1 Å². The molecule has 2 aromatic rings. The maximum absolute atomic E-state index is 12.7. The van der Waals surface area contributed by atoms with Crippen LogP contribution in [-0.2, 0) is 14.8 Å². The van der Waals surface area contributed by atoms with E-state index in [0.717, 1.165) is 25.3 Å². The smallest absolute Gasteiger partial charge is 0.276 e. The van der Waals surface area contributed by atoms with Crippen LogP contribution in [0, 0.1) is 17.0 Å². The molecule has 11 nitrogen and oxygen atoms in total. The molecule has 1 fully saturated rings. The summed E-state index contributed by atoms with van der Waals surface area (Å²) in [4.78, 5) is 26.8. The molecule has 2 unspecified atom stereocenters. The second kappa shape index (κ2) is 11.4. The van der Waals surface area contributed by atoms with Gasteiger partial charge in [0, 0.05) is 23.7 Å². The van der Waals surface area contributed by atoms with Crippen LogP contribution in [0.15, 0.2) is 46.4 Å². The highest BCUT2D eigenvalue weighted by atomic mass is 32.2. The zero-order chi connectivity index (χ0) is 26.5. The Morgan fingerprint density at radius 1 is 1.19 bits per heavy atom. The van der Waals surface area contributed by atoms with Crippen molar-refractivity contribution < 1.29 is 27.6 Å². The maximum Gasteiger partial charge on any atom is 0.276 e. The molecule has 0 spiro atoms. The summed E-state index contributed by atoms with van der Waals surface area (Å²) in [6.45, 7) is 5.47. The van der Waals surface area contributed by atoms with Crippen molar-refractivity contribution in [1.29, 1.82) is 0 Å². The van der Waals surface area contributed by atoms with Crippen LogP contribution in [0.4, 0.5) is 5.69 Å².